The van der Waals surface area contributed by atoms with Gasteiger partial charge in [0.1, 0.15) is 0 Å². The summed E-state index contributed by atoms with van der Waals surface area (Å²) in [5, 5.41) is 7.43. The van der Waals surface area contributed by atoms with Gasteiger partial charge in [0.15, 0.2) is 0 Å². The third kappa shape index (κ3) is 3.83. The van der Waals surface area contributed by atoms with Crippen molar-refractivity contribution in [1.82, 2.24) is 5.32 Å². The molecule has 0 saturated carbocycles. The summed E-state index contributed by atoms with van der Waals surface area (Å²) in [5.74, 6) is 0. The van der Waals surface area contributed by atoms with E-state index in [1.54, 1.807) is 0 Å². The minimum absolute atomic E-state index is 0.340. The van der Waals surface area contributed by atoms with Crippen molar-refractivity contribution in [3.63, 3.8) is 0 Å². The van der Waals surface area contributed by atoms with Gasteiger partial charge in [-0.05, 0) is 53.6 Å². The van der Waals surface area contributed by atoms with E-state index in [0.717, 1.165) is 6.54 Å². The van der Waals surface area contributed by atoms with E-state index >= 15 is 0 Å². The highest BCUT2D eigenvalue weighted by atomic mass is 32.1. The zero-order valence-electron chi connectivity index (χ0n) is 13.2. The predicted octanol–water partition coefficient (Wildman–Crippen LogP) is 5.25. The fourth-order valence-electron chi connectivity index (χ4n) is 2.81. The molecule has 1 N–H and O–H groups in total. The molecule has 0 aliphatic carbocycles. The minimum atomic E-state index is 0.340. The number of aryl methyl sites for hydroxylation is 1. The van der Waals surface area contributed by atoms with Gasteiger partial charge in [-0.2, -0.15) is 0 Å². The Kier molecular flexibility index (Phi) is 5.22. The van der Waals surface area contributed by atoms with Gasteiger partial charge in [0.2, 0.25) is 0 Å². The minimum Gasteiger partial charge on any atom is -0.314 e. The first-order valence-electron chi connectivity index (χ1n) is 7.71. The monoisotopic (exact) mass is 289 g/mol. The number of nitrogens with one attached hydrogen (secondary N) is 1. The normalized spacial score (nSPS) is 13.8. The van der Waals surface area contributed by atoms with Gasteiger partial charge in [-0.1, -0.05) is 45.9 Å². The standard InChI is InChI=1S/C18H27NS/c1-5-19-17(18(2,3)4)12-8-9-14-13-20-16-11-7-6-10-15(14)16/h6-7,10-11,13,17,19H,5,8-9,12H2,1-4H3. The van der Waals surface area contributed by atoms with E-state index in [9.17, 15) is 0 Å². The second kappa shape index (κ2) is 6.73. The van der Waals surface area contributed by atoms with Gasteiger partial charge in [-0.3, -0.25) is 0 Å². The third-order valence-electron chi connectivity index (χ3n) is 4.00. The summed E-state index contributed by atoms with van der Waals surface area (Å²) in [6.07, 6.45) is 3.71. The molecule has 0 radical (unpaired) electrons. The summed E-state index contributed by atoms with van der Waals surface area (Å²) >= 11 is 1.87. The van der Waals surface area contributed by atoms with E-state index in [4.69, 9.17) is 0 Å². The summed E-state index contributed by atoms with van der Waals surface area (Å²) < 4.78 is 1.42. The lowest BCUT2D eigenvalue weighted by Crippen LogP contribution is -2.40. The van der Waals surface area contributed by atoms with Gasteiger partial charge in [-0.25, -0.2) is 0 Å². The maximum atomic E-state index is 3.64. The molecule has 2 rings (SSSR count). The van der Waals surface area contributed by atoms with Crippen LogP contribution in [0, 0.1) is 5.41 Å². The molecule has 0 spiro atoms. The van der Waals surface area contributed by atoms with Crippen LogP contribution in [0.3, 0.4) is 0 Å². The zero-order valence-corrected chi connectivity index (χ0v) is 14.0. The fourth-order valence-corrected chi connectivity index (χ4v) is 3.81. The van der Waals surface area contributed by atoms with Gasteiger partial charge < -0.3 is 5.32 Å². The summed E-state index contributed by atoms with van der Waals surface area (Å²) in [6.45, 7) is 10.3. The van der Waals surface area contributed by atoms with Crippen LogP contribution >= 0.6 is 11.3 Å². The molecule has 0 aliphatic heterocycles. The molecular formula is C18H27NS. The molecule has 0 bridgehead atoms. The highest BCUT2D eigenvalue weighted by Gasteiger charge is 2.22. The molecule has 20 heavy (non-hydrogen) atoms. The quantitative estimate of drug-likeness (QED) is 0.766. The molecule has 2 aromatic rings. The smallest absolute Gasteiger partial charge is 0.0345 e. The van der Waals surface area contributed by atoms with Gasteiger partial charge in [0.25, 0.3) is 0 Å². The highest BCUT2D eigenvalue weighted by molar-refractivity contribution is 7.17. The maximum Gasteiger partial charge on any atom is 0.0345 e. The predicted molar refractivity (Wildman–Crippen MR) is 91.7 cm³/mol. The largest absolute Gasteiger partial charge is 0.314 e. The summed E-state index contributed by atoms with van der Waals surface area (Å²) in [5.41, 5.74) is 1.86. The second-order valence-electron chi connectivity index (χ2n) is 6.63. The van der Waals surface area contributed by atoms with E-state index in [2.05, 4.69) is 62.7 Å². The Balaban J connectivity index is 1.95. The van der Waals surface area contributed by atoms with Crippen LogP contribution in [0.15, 0.2) is 29.6 Å². The summed E-state index contributed by atoms with van der Waals surface area (Å²) in [7, 11) is 0. The Bertz CT molecular complexity index is 536. The van der Waals surface area contributed by atoms with Crippen molar-refractivity contribution >= 4 is 21.4 Å². The van der Waals surface area contributed by atoms with Gasteiger partial charge in [0, 0.05) is 10.7 Å². The lowest BCUT2D eigenvalue weighted by Gasteiger charge is -2.31. The fraction of sp³-hybridized carbons (Fsp3) is 0.556. The van der Waals surface area contributed by atoms with Crippen molar-refractivity contribution in [3.8, 4) is 0 Å². The van der Waals surface area contributed by atoms with E-state index in [1.807, 2.05) is 11.3 Å². The molecule has 0 saturated heterocycles. The molecule has 0 aliphatic rings. The highest BCUT2D eigenvalue weighted by Crippen LogP contribution is 2.28. The van der Waals surface area contributed by atoms with Gasteiger partial charge in [0.05, 0.1) is 0 Å². The Hall–Kier alpha value is -0.860. The van der Waals surface area contributed by atoms with Gasteiger partial charge in [-0.15, -0.1) is 11.3 Å². The van der Waals surface area contributed by atoms with Crippen molar-refractivity contribution in [1.29, 1.82) is 0 Å². The molecule has 1 aromatic carbocycles. The van der Waals surface area contributed by atoms with Crippen LogP contribution in [0.2, 0.25) is 0 Å². The van der Waals surface area contributed by atoms with E-state index in [-0.39, 0.29) is 0 Å². The number of fused-ring (bicyclic) bond motifs is 1. The second-order valence-corrected chi connectivity index (χ2v) is 7.54. The number of thiophene rings is 1. The number of hydrogen-bond donors (Lipinski definition) is 1. The molecule has 0 fully saturated rings. The Morgan fingerprint density at radius 1 is 1.20 bits per heavy atom. The van der Waals surface area contributed by atoms with Crippen molar-refractivity contribution in [3.05, 3.63) is 35.2 Å². The SMILES string of the molecule is CCNC(CCCc1csc2ccccc12)C(C)(C)C. The number of hydrogen-bond acceptors (Lipinski definition) is 2. The van der Waals surface area contributed by atoms with Crippen molar-refractivity contribution in [2.45, 2.75) is 53.0 Å². The first-order valence-corrected chi connectivity index (χ1v) is 8.59. The Labute approximate surface area is 127 Å². The molecule has 0 amide bonds. The van der Waals surface area contributed by atoms with Crippen LogP contribution < -0.4 is 5.32 Å². The van der Waals surface area contributed by atoms with E-state index in [0.29, 0.717) is 11.5 Å². The average molecular weight is 289 g/mol. The molecule has 1 aromatic heterocycles. The zero-order chi connectivity index (χ0) is 14.6. The average Bonchev–Trinajstić information content (AvgIpc) is 2.80. The molecular weight excluding hydrogens is 262 g/mol. The van der Waals surface area contributed by atoms with Crippen LogP contribution in [0.4, 0.5) is 0 Å². The summed E-state index contributed by atoms with van der Waals surface area (Å²) in [6, 6.07) is 9.36. The lowest BCUT2D eigenvalue weighted by molar-refractivity contribution is 0.254. The van der Waals surface area contributed by atoms with Crippen LogP contribution in [-0.4, -0.2) is 12.6 Å². The van der Waals surface area contributed by atoms with Crippen LogP contribution in [-0.2, 0) is 6.42 Å². The Morgan fingerprint density at radius 3 is 2.65 bits per heavy atom. The molecule has 2 heteroatoms. The number of rotatable bonds is 6. The summed E-state index contributed by atoms with van der Waals surface area (Å²) in [4.78, 5) is 0. The van der Waals surface area contributed by atoms with Gasteiger partial charge >= 0.3 is 0 Å². The lowest BCUT2D eigenvalue weighted by atomic mass is 9.83. The van der Waals surface area contributed by atoms with Crippen molar-refractivity contribution in [2.75, 3.05) is 6.54 Å². The topological polar surface area (TPSA) is 12.0 Å². The maximum absolute atomic E-state index is 3.64. The van der Waals surface area contributed by atoms with E-state index in [1.165, 1.54) is 34.9 Å². The van der Waals surface area contributed by atoms with E-state index < -0.39 is 0 Å². The number of benzene rings is 1. The molecule has 1 unspecified atom stereocenters. The first-order chi connectivity index (χ1) is 9.52. The molecule has 110 valence electrons. The molecule has 1 atom stereocenters. The van der Waals surface area contributed by atoms with Crippen molar-refractivity contribution in [2.24, 2.45) is 5.41 Å². The third-order valence-corrected chi connectivity index (χ3v) is 5.01. The van der Waals surface area contributed by atoms with Crippen LogP contribution in [0.5, 0.6) is 0 Å². The Morgan fingerprint density at radius 2 is 1.95 bits per heavy atom. The first kappa shape index (κ1) is 15.5. The van der Waals surface area contributed by atoms with Crippen LogP contribution in [0.25, 0.3) is 10.1 Å². The van der Waals surface area contributed by atoms with Crippen LogP contribution in [0.1, 0.15) is 46.1 Å². The van der Waals surface area contributed by atoms with Crippen molar-refractivity contribution < 1.29 is 0 Å². The molecule has 1 heterocycles. The molecule has 1 nitrogen and oxygen atoms in total.